The fourth-order valence-corrected chi connectivity index (χ4v) is 6.41. The number of esters is 2. The van der Waals surface area contributed by atoms with Crippen molar-refractivity contribution in [2.24, 2.45) is 17.8 Å². The smallest absolute Gasteiger partial charge is 0.307 e. The Morgan fingerprint density at radius 3 is 2.64 bits per heavy atom. The lowest BCUT2D eigenvalue weighted by atomic mass is 9.51. The first-order valence-electron chi connectivity index (χ1n) is 9.77. The van der Waals surface area contributed by atoms with Crippen LogP contribution < -0.4 is 0 Å². The Kier molecular flexibility index (Phi) is 4.18. The number of nitrogens with zero attached hydrogens (tertiary/aromatic N) is 1. The van der Waals surface area contributed by atoms with Gasteiger partial charge in [0.15, 0.2) is 6.10 Å². The highest BCUT2D eigenvalue weighted by molar-refractivity contribution is 5.69. The van der Waals surface area contributed by atoms with Crippen LogP contribution in [0, 0.1) is 17.8 Å². The van der Waals surface area contributed by atoms with Crippen molar-refractivity contribution < 1.29 is 19.1 Å². The van der Waals surface area contributed by atoms with E-state index in [1.54, 1.807) is 0 Å². The zero-order valence-corrected chi connectivity index (χ0v) is 15.5. The predicted octanol–water partition coefficient (Wildman–Crippen LogP) is 3.04. The summed E-state index contributed by atoms with van der Waals surface area (Å²) < 4.78 is 11.5. The van der Waals surface area contributed by atoms with Crippen LogP contribution in [-0.2, 0) is 19.1 Å². The Labute approximate surface area is 149 Å². The SMILES string of the molecule is CC(=O)OC1=C2CCCN3CCC[C@@H]4[C@@H](C[C@@H](C)C[C@]243)[C@@H]1OC(C)=O. The first-order valence-corrected chi connectivity index (χ1v) is 9.77. The summed E-state index contributed by atoms with van der Waals surface area (Å²) in [4.78, 5) is 26.3. The van der Waals surface area contributed by atoms with E-state index in [1.165, 1.54) is 32.3 Å². The van der Waals surface area contributed by atoms with Crippen LogP contribution in [0.5, 0.6) is 0 Å². The van der Waals surface area contributed by atoms with Gasteiger partial charge in [-0.25, -0.2) is 0 Å². The van der Waals surface area contributed by atoms with Crippen molar-refractivity contribution >= 4 is 11.9 Å². The molecule has 1 saturated carbocycles. The van der Waals surface area contributed by atoms with E-state index < -0.39 is 6.10 Å². The Morgan fingerprint density at radius 2 is 1.92 bits per heavy atom. The van der Waals surface area contributed by atoms with Gasteiger partial charge in [0, 0.05) is 25.3 Å². The summed E-state index contributed by atoms with van der Waals surface area (Å²) in [7, 11) is 0. The van der Waals surface area contributed by atoms with Crippen LogP contribution in [0.4, 0.5) is 0 Å². The molecule has 2 aliphatic heterocycles. The van der Waals surface area contributed by atoms with Crippen molar-refractivity contribution in [3.63, 3.8) is 0 Å². The quantitative estimate of drug-likeness (QED) is 0.719. The largest absolute Gasteiger partial charge is 0.454 e. The van der Waals surface area contributed by atoms with Gasteiger partial charge < -0.3 is 9.47 Å². The average Bonchev–Trinajstić information content (AvgIpc) is 2.53. The van der Waals surface area contributed by atoms with Gasteiger partial charge in [0.2, 0.25) is 0 Å². The van der Waals surface area contributed by atoms with Crippen LogP contribution in [-0.4, -0.2) is 41.6 Å². The lowest BCUT2D eigenvalue weighted by Gasteiger charge is -2.64. The topological polar surface area (TPSA) is 55.8 Å². The molecule has 5 heteroatoms. The molecule has 5 nitrogen and oxygen atoms in total. The number of ether oxygens (including phenoxy) is 2. The molecule has 0 N–H and O–H groups in total. The molecule has 0 radical (unpaired) electrons. The van der Waals surface area contributed by atoms with Gasteiger partial charge in [0.25, 0.3) is 0 Å². The molecule has 1 spiro atoms. The van der Waals surface area contributed by atoms with E-state index in [-0.39, 0.29) is 23.4 Å². The van der Waals surface area contributed by atoms with E-state index in [4.69, 9.17) is 9.47 Å². The third-order valence-corrected chi connectivity index (χ3v) is 6.84. The summed E-state index contributed by atoms with van der Waals surface area (Å²) in [5.41, 5.74) is 1.29. The Hall–Kier alpha value is -1.36. The molecule has 0 unspecified atom stereocenters. The monoisotopic (exact) mass is 347 g/mol. The number of piperidine rings is 2. The number of hydrogen-bond donors (Lipinski definition) is 0. The molecule has 2 aliphatic carbocycles. The molecule has 4 rings (SSSR count). The zero-order chi connectivity index (χ0) is 17.8. The van der Waals surface area contributed by atoms with E-state index >= 15 is 0 Å². The van der Waals surface area contributed by atoms with Gasteiger partial charge in [-0.3, -0.25) is 14.5 Å². The molecule has 4 aliphatic rings. The van der Waals surface area contributed by atoms with E-state index in [2.05, 4.69) is 11.8 Å². The minimum Gasteiger partial charge on any atom is -0.454 e. The molecule has 2 saturated heterocycles. The fraction of sp³-hybridized carbons (Fsp3) is 0.800. The van der Waals surface area contributed by atoms with E-state index in [0.29, 0.717) is 17.6 Å². The average molecular weight is 347 g/mol. The molecule has 5 atom stereocenters. The third kappa shape index (κ3) is 2.54. The maximum Gasteiger partial charge on any atom is 0.307 e. The molecule has 3 fully saturated rings. The molecular formula is C20H29NO4. The lowest BCUT2D eigenvalue weighted by Crippen LogP contribution is -2.68. The van der Waals surface area contributed by atoms with Gasteiger partial charge in [0.05, 0.1) is 0 Å². The Morgan fingerprint density at radius 1 is 1.16 bits per heavy atom. The highest BCUT2D eigenvalue weighted by Crippen LogP contribution is 2.60. The molecule has 2 heterocycles. The summed E-state index contributed by atoms with van der Waals surface area (Å²) in [6.45, 7) is 7.48. The summed E-state index contributed by atoms with van der Waals surface area (Å²) in [6.07, 6.45) is 6.21. The van der Waals surface area contributed by atoms with Crippen LogP contribution in [0.1, 0.15) is 59.3 Å². The van der Waals surface area contributed by atoms with E-state index in [9.17, 15) is 9.59 Å². The second kappa shape index (κ2) is 6.11. The minimum atomic E-state index is -0.393. The standard InChI is InChI=1S/C20H29NO4/c1-12-10-15-16-6-4-8-21-9-5-7-17(20(16,21)11-12)19(25-14(3)23)18(15)24-13(2)22/h12,15-16,18H,4-11H2,1-3H3/t12-,15-,16-,18+,20-/m1/s1. The van der Waals surface area contributed by atoms with Gasteiger partial charge in [-0.05, 0) is 69.0 Å². The van der Waals surface area contributed by atoms with Crippen molar-refractivity contribution in [1.82, 2.24) is 4.90 Å². The van der Waals surface area contributed by atoms with Crippen molar-refractivity contribution in [2.75, 3.05) is 13.1 Å². The Bertz CT molecular complexity index is 625. The number of carbonyl (C=O) groups is 2. The molecule has 25 heavy (non-hydrogen) atoms. The molecule has 0 amide bonds. The normalized spacial score (nSPS) is 40.3. The van der Waals surface area contributed by atoms with E-state index in [1.807, 2.05) is 0 Å². The van der Waals surface area contributed by atoms with Crippen LogP contribution in [0.15, 0.2) is 11.3 Å². The van der Waals surface area contributed by atoms with Crippen molar-refractivity contribution in [1.29, 1.82) is 0 Å². The van der Waals surface area contributed by atoms with Crippen LogP contribution in [0.2, 0.25) is 0 Å². The highest BCUT2D eigenvalue weighted by atomic mass is 16.6. The molecule has 0 aromatic heterocycles. The number of carbonyl (C=O) groups excluding carboxylic acids is 2. The fourth-order valence-electron chi connectivity index (χ4n) is 6.41. The van der Waals surface area contributed by atoms with Gasteiger partial charge in [-0.2, -0.15) is 0 Å². The Balaban J connectivity index is 1.90. The molecule has 0 aromatic carbocycles. The summed E-state index contributed by atoms with van der Waals surface area (Å²) in [6, 6.07) is 0. The second-order valence-corrected chi connectivity index (χ2v) is 8.44. The van der Waals surface area contributed by atoms with Gasteiger partial charge >= 0.3 is 11.9 Å². The van der Waals surface area contributed by atoms with Gasteiger partial charge in [0.1, 0.15) is 5.76 Å². The van der Waals surface area contributed by atoms with Crippen molar-refractivity contribution in [3.8, 4) is 0 Å². The highest BCUT2D eigenvalue weighted by Gasteiger charge is 2.62. The second-order valence-electron chi connectivity index (χ2n) is 8.44. The van der Waals surface area contributed by atoms with Crippen molar-refractivity contribution in [3.05, 3.63) is 11.3 Å². The number of hydrogen-bond acceptors (Lipinski definition) is 5. The van der Waals surface area contributed by atoms with Crippen LogP contribution in [0.25, 0.3) is 0 Å². The predicted molar refractivity (Wildman–Crippen MR) is 92.5 cm³/mol. The van der Waals surface area contributed by atoms with Gasteiger partial charge in [-0.15, -0.1) is 0 Å². The van der Waals surface area contributed by atoms with E-state index in [0.717, 1.165) is 38.8 Å². The lowest BCUT2D eigenvalue weighted by molar-refractivity contribution is -0.168. The first-order chi connectivity index (χ1) is 11.9. The summed E-state index contributed by atoms with van der Waals surface area (Å²) in [5.74, 6) is 1.43. The maximum atomic E-state index is 11.8. The third-order valence-electron chi connectivity index (χ3n) is 6.84. The van der Waals surface area contributed by atoms with Crippen LogP contribution >= 0.6 is 0 Å². The maximum absolute atomic E-state index is 11.8. The van der Waals surface area contributed by atoms with Crippen LogP contribution in [0.3, 0.4) is 0 Å². The number of rotatable bonds is 2. The van der Waals surface area contributed by atoms with Gasteiger partial charge in [-0.1, -0.05) is 6.92 Å². The zero-order valence-electron chi connectivity index (χ0n) is 15.5. The minimum absolute atomic E-state index is 0.0280. The summed E-state index contributed by atoms with van der Waals surface area (Å²) >= 11 is 0. The molecule has 0 aromatic rings. The molecule has 138 valence electrons. The first kappa shape index (κ1) is 17.1. The molecule has 2 bridgehead atoms. The summed E-state index contributed by atoms with van der Waals surface area (Å²) in [5, 5.41) is 0. The molecular weight excluding hydrogens is 318 g/mol. The van der Waals surface area contributed by atoms with Crippen molar-refractivity contribution in [2.45, 2.75) is 70.9 Å².